The van der Waals surface area contributed by atoms with Gasteiger partial charge < -0.3 is 19.7 Å². The van der Waals surface area contributed by atoms with Gasteiger partial charge in [0.2, 0.25) is 0 Å². The van der Waals surface area contributed by atoms with E-state index in [-0.39, 0.29) is 5.75 Å². The van der Waals surface area contributed by atoms with Gasteiger partial charge in [0.25, 0.3) is 0 Å². The molecule has 0 saturated heterocycles. The van der Waals surface area contributed by atoms with Gasteiger partial charge in [0, 0.05) is 0 Å². The summed E-state index contributed by atoms with van der Waals surface area (Å²) in [6.45, 7) is 2.77. The number of phenols is 1. The molecule has 1 atom stereocenters. The highest BCUT2D eigenvalue weighted by atomic mass is 16.6. The van der Waals surface area contributed by atoms with Gasteiger partial charge >= 0.3 is 0 Å². The highest BCUT2D eigenvalue weighted by molar-refractivity contribution is 5.48. The third-order valence-electron chi connectivity index (χ3n) is 3.53. The van der Waals surface area contributed by atoms with Crippen molar-refractivity contribution in [1.82, 2.24) is 0 Å². The van der Waals surface area contributed by atoms with Gasteiger partial charge in [0.05, 0.1) is 0 Å². The number of hydrogen-bond donors (Lipinski definition) is 2. The summed E-state index contributed by atoms with van der Waals surface area (Å²) in [6, 6.07) is 11.9. The Labute approximate surface area is 117 Å². The summed E-state index contributed by atoms with van der Waals surface area (Å²) in [7, 11) is 0. The fourth-order valence-corrected chi connectivity index (χ4v) is 2.30. The van der Waals surface area contributed by atoms with Gasteiger partial charge in [0.15, 0.2) is 11.5 Å². The van der Waals surface area contributed by atoms with E-state index in [1.165, 1.54) is 0 Å². The Bertz CT molecular complexity index is 617. The van der Waals surface area contributed by atoms with Crippen LogP contribution in [0.15, 0.2) is 42.5 Å². The minimum absolute atomic E-state index is 0.173. The summed E-state index contributed by atoms with van der Waals surface area (Å²) in [5.41, 5.74) is 0.253. The normalized spacial score (nSPS) is 16.5. The maximum Gasteiger partial charge on any atom is 0.161 e. The van der Waals surface area contributed by atoms with E-state index in [4.69, 9.17) is 9.47 Å². The molecule has 20 heavy (non-hydrogen) atoms. The average Bonchev–Trinajstić information content (AvgIpc) is 2.47. The fourth-order valence-electron chi connectivity index (χ4n) is 2.30. The third kappa shape index (κ3) is 2.18. The molecule has 1 aliphatic heterocycles. The number of aromatic hydroxyl groups is 1. The molecule has 1 heterocycles. The fraction of sp³-hybridized carbons (Fsp3) is 0.250. The Hall–Kier alpha value is -2.20. The molecule has 2 N–H and O–H groups in total. The number of hydrogen-bond acceptors (Lipinski definition) is 4. The Balaban J connectivity index is 2.00. The molecule has 0 radical (unpaired) electrons. The standard InChI is InChI=1S/C16H16O4/c1-16(18,11-2-5-13(17)6-3-11)12-4-7-14-15(10-12)20-9-8-19-14/h2-7,10,17-18H,8-9H2,1H3. The van der Waals surface area contributed by atoms with Gasteiger partial charge in [-0.1, -0.05) is 18.2 Å². The van der Waals surface area contributed by atoms with Crippen LogP contribution in [-0.2, 0) is 5.60 Å². The molecular formula is C16H16O4. The van der Waals surface area contributed by atoms with Gasteiger partial charge in [-0.2, -0.15) is 0 Å². The Morgan fingerprint density at radius 2 is 1.50 bits per heavy atom. The van der Waals surface area contributed by atoms with Crippen LogP contribution in [0.5, 0.6) is 17.2 Å². The second-order valence-corrected chi connectivity index (χ2v) is 4.98. The number of benzene rings is 2. The van der Waals surface area contributed by atoms with Gasteiger partial charge in [-0.25, -0.2) is 0 Å². The highest BCUT2D eigenvalue weighted by Gasteiger charge is 2.27. The van der Waals surface area contributed by atoms with Crippen LogP contribution in [0.1, 0.15) is 18.1 Å². The summed E-state index contributed by atoms with van der Waals surface area (Å²) in [4.78, 5) is 0. The lowest BCUT2D eigenvalue weighted by Gasteiger charge is -2.27. The predicted octanol–water partition coefficient (Wildman–Crippen LogP) is 2.42. The molecule has 0 saturated carbocycles. The molecule has 1 unspecified atom stereocenters. The molecule has 0 aromatic heterocycles. The number of aliphatic hydroxyl groups is 1. The zero-order valence-electron chi connectivity index (χ0n) is 11.2. The van der Waals surface area contributed by atoms with Crippen LogP contribution < -0.4 is 9.47 Å². The van der Waals surface area contributed by atoms with Crippen molar-refractivity contribution >= 4 is 0 Å². The summed E-state index contributed by atoms with van der Waals surface area (Å²) < 4.78 is 11.0. The summed E-state index contributed by atoms with van der Waals surface area (Å²) in [5.74, 6) is 1.51. The predicted molar refractivity (Wildman–Crippen MR) is 74.2 cm³/mol. The largest absolute Gasteiger partial charge is 0.508 e. The van der Waals surface area contributed by atoms with E-state index in [9.17, 15) is 10.2 Å². The minimum atomic E-state index is -1.16. The third-order valence-corrected chi connectivity index (χ3v) is 3.53. The molecule has 0 fully saturated rings. The Morgan fingerprint density at radius 1 is 0.900 bits per heavy atom. The van der Waals surface area contributed by atoms with Crippen LogP contribution in [0.2, 0.25) is 0 Å². The average molecular weight is 272 g/mol. The lowest BCUT2D eigenvalue weighted by Crippen LogP contribution is -2.23. The lowest BCUT2D eigenvalue weighted by molar-refractivity contribution is 0.101. The zero-order chi connectivity index (χ0) is 14.2. The molecular weight excluding hydrogens is 256 g/mol. The van der Waals surface area contributed by atoms with Crippen molar-refractivity contribution in [3.63, 3.8) is 0 Å². The molecule has 2 aromatic rings. The minimum Gasteiger partial charge on any atom is -0.508 e. The van der Waals surface area contributed by atoms with Crippen molar-refractivity contribution in [3.05, 3.63) is 53.6 Å². The Morgan fingerprint density at radius 3 is 2.20 bits per heavy atom. The van der Waals surface area contributed by atoms with E-state index in [0.29, 0.717) is 35.8 Å². The highest BCUT2D eigenvalue weighted by Crippen LogP contribution is 2.37. The SMILES string of the molecule is CC(O)(c1ccc(O)cc1)c1ccc2c(c1)OCCO2. The molecule has 3 rings (SSSR count). The number of phenolic OH excluding ortho intramolecular Hbond substituents is 1. The van der Waals surface area contributed by atoms with Crippen LogP contribution in [-0.4, -0.2) is 23.4 Å². The Kier molecular flexibility index (Phi) is 3.03. The molecule has 0 aliphatic carbocycles. The first kappa shape index (κ1) is 12.8. The van der Waals surface area contributed by atoms with Crippen molar-refractivity contribution < 1.29 is 19.7 Å². The van der Waals surface area contributed by atoms with Crippen LogP contribution in [0.4, 0.5) is 0 Å². The molecule has 0 spiro atoms. The van der Waals surface area contributed by atoms with Crippen molar-refractivity contribution in [2.24, 2.45) is 0 Å². The molecule has 104 valence electrons. The molecule has 2 aromatic carbocycles. The monoisotopic (exact) mass is 272 g/mol. The smallest absolute Gasteiger partial charge is 0.161 e. The van der Waals surface area contributed by atoms with Crippen molar-refractivity contribution in [3.8, 4) is 17.2 Å². The maximum absolute atomic E-state index is 10.8. The first-order valence-corrected chi connectivity index (χ1v) is 6.49. The number of fused-ring (bicyclic) bond motifs is 1. The molecule has 0 bridgehead atoms. The number of ether oxygens (including phenoxy) is 2. The number of rotatable bonds is 2. The second kappa shape index (κ2) is 4.72. The molecule has 4 nitrogen and oxygen atoms in total. The van der Waals surface area contributed by atoms with Crippen molar-refractivity contribution in [1.29, 1.82) is 0 Å². The maximum atomic E-state index is 10.8. The van der Waals surface area contributed by atoms with E-state index in [1.54, 1.807) is 43.3 Å². The first-order valence-electron chi connectivity index (χ1n) is 6.49. The van der Waals surface area contributed by atoms with Crippen LogP contribution in [0.3, 0.4) is 0 Å². The topological polar surface area (TPSA) is 58.9 Å². The van der Waals surface area contributed by atoms with E-state index in [2.05, 4.69) is 0 Å². The summed E-state index contributed by atoms with van der Waals surface area (Å²) in [5, 5.41) is 20.1. The van der Waals surface area contributed by atoms with Gasteiger partial charge in [-0.05, 0) is 42.3 Å². The van der Waals surface area contributed by atoms with Crippen LogP contribution in [0.25, 0.3) is 0 Å². The van der Waals surface area contributed by atoms with Crippen molar-refractivity contribution in [2.45, 2.75) is 12.5 Å². The quantitative estimate of drug-likeness (QED) is 0.881. The molecule has 0 amide bonds. The summed E-state index contributed by atoms with van der Waals surface area (Å²) in [6.07, 6.45) is 0. The van der Waals surface area contributed by atoms with Crippen molar-refractivity contribution in [2.75, 3.05) is 13.2 Å². The van der Waals surface area contributed by atoms with E-state index in [1.807, 2.05) is 6.07 Å². The van der Waals surface area contributed by atoms with E-state index < -0.39 is 5.60 Å². The summed E-state index contributed by atoms with van der Waals surface area (Å²) >= 11 is 0. The van der Waals surface area contributed by atoms with Crippen LogP contribution >= 0.6 is 0 Å². The van der Waals surface area contributed by atoms with Crippen LogP contribution in [0, 0.1) is 0 Å². The molecule has 1 aliphatic rings. The van der Waals surface area contributed by atoms with E-state index >= 15 is 0 Å². The molecule has 4 heteroatoms. The van der Waals surface area contributed by atoms with Gasteiger partial charge in [-0.3, -0.25) is 0 Å². The van der Waals surface area contributed by atoms with Gasteiger partial charge in [-0.15, -0.1) is 0 Å². The lowest BCUT2D eigenvalue weighted by atomic mass is 9.88. The van der Waals surface area contributed by atoms with E-state index in [0.717, 1.165) is 0 Å². The first-order chi connectivity index (χ1) is 9.57. The zero-order valence-corrected chi connectivity index (χ0v) is 11.2. The van der Waals surface area contributed by atoms with Gasteiger partial charge in [0.1, 0.15) is 24.6 Å². The second-order valence-electron chi connectivity index (χ2n) is 4.98.